The van der Waals surface area contributed by atoms with Crippen LogP contribution in [0.4, 0.5) is 0 Å². The van der Waals surface area contributed by atoms with Crippen molar-refractivity contribution in [2.24, 2.45) is 0 Å². The molecule has 0 saturated carbocycles. The minimum absolute atomic E-state index is 0.269. The molecule has 0 atom stereocenters. The number of aryl methyl sites for hydroxylation is 1. The van der Waals surface area contributed by atoms with E-state index in [0.717, 1.165) is 28.7 Å². The molecule has 3 aromatic carbocycles. The topological polar surface area (TPSA) is 60.2 Å². The van der Waals surface area contributed by atoms with Crippen LogP contribution in [0.1, 0.15) is 23.9 Å². The molecule has 6 heteroatoms. The largest absolute Gasteiger partial charge is 0.440 e. The van der Waals surface area contributed by atoms with Crippen molar-refractivity contribution >= 4 is 21.4 Å². The molecule has 0 aliphatic heterocycles. The van der Waals surface area contributed by atoms with E-state index in [2.05, 4.69) is 6.92 Å². The van der Waals surface area contributed by atoms with Crippen LogP contribution >= 0.6 is 11.6 Å². The van der Waals surface area contributed by atoms with Gasteiger partial charge in [0.25, 0.3) is 0 Å². The Hall–Kier alpha value is -2.89. The molecule has 0 spiro atoms. The molecule has 4 nitrogen and oxygen atoms in total. The number of hydrogen-bond acceptors (Lipinski definition) is 4. The Bertz CT molecular complexity index is 1310. The van der Waals surface area contributed by atoms with Crippen LogP contribution in [-0.4, -0.2) is 19.7 Å². The van der Waals surface area contributed by atoms with E-state index < -0.39 is 9.84 Å². The predicted molar refractivity (Wildman–Crippen MR) is 124 cm³/mol. The van der Waals surface area contributed by atoms with Crippen molar-refractivity contribution in [2.75, 3.05) is 6.26 Å². The molecule has 0 N–H and O–H groups in total. The molecule has 0 aliphatic carbocycles. The van der Waals surface area contributed by atoms with Gasteiger partial charge in [-0.1, -0.05) is 61.0 Å². The fourth-order valence-corrected chi connectivity index (χ4v) is 4.33. The number of oxazole rings is 1. The van der Waals surface area contributed by atoms with Gasteiger partial charge in [0, 0.05) is 28.8 Å². The Kier molecular flexibility index (Phi) is 5.99. The molecule has 0 fully saturated rings. The fourth-order valence-electron chi connectivity index (χ4n) is 3.45. The number of nitrogens with zero attached hydrogens (tertiary/aromatic N) is 1. The lowest BCUT2D eigenvalue weighted by Crippen LogP contribution is -1.96. The zero-order valence-corrected chi connectivity index (χ0v) is 18.9. The van der Waals surface area contributed by atoms with Crippen LogP contribution in [0.3, 0.4) is 0 Å². The van der Waals surface area contributed by atoms with Gasteiger partial charge in [0.2, 0.25) is 0 Å². The molecular weight excluding hydrogens is 430 g/mol. The van der Waals surface area contributed by atoms with Gasteiger partial charge in [-0.3, -0.25) is 0 Å². The zero-order chi connectivity index (χ0) is 22.0. The average molecular weight is 452 g/mol. The SMILES string of the molecule is CCc1cc(-c2oc(Cc3ccccc3)nc2-c2ccc(S(C)(=O)=O)cc2)ccc1Cl. The lowest BCUT2D eigenvalue weighted by atomic mass is 10.0. The van der Waals surface area contributed by atoms with Gasteiger partial charge in [0.05, 0.1) is 4.90 Å². The van der Waals surface area contributed by atoms with Crippen LogP contribution in [0, 0.1) is 0 Å². The molecule has 4 aromatic rings. The van der Waals surface area contributed by atoms with E-state index in [0.29, 0.717) is 28.8 Å². The number of benzene rings is 3. The fraction of sp³-hybridized carbons (Fsp3) is 0.160. The standard InChI is InChI=1S/C25H22ClNO3S/c1-3-18-16-20(11-14-22(18)26)25-24(19-9-12-21(13-10-19)31(2,28)29)27-23(30-25)15-17-7-5-4-6-8-17/h4-14,16H,3,15H2,1-2H3. The van der Waals surface area contributed by atoms with Gasteiger partial charge in [-0.25, -0.2) is 13.4 Å². The molecule has 1 heterocycles. The van der Waals surface area contributed by atoms with Gasteiger partial charge >= 0.3 is 0 Å². The van der Waals surface area contributed by atoms with Gasteiger partial charge in [-0.05, 0) is 47.9 Å². The second kappa shape index (κ2) is 8.69. The van der Waals surface area contributed by atoms with Gasteiger partial charge in [0.1, 0.15) is 5.69 Å². The number of aromatic nitrogens is 1. The molecule has 1 aromatic heterocycles. The predicted octanol–water partition coefficient (Wildman–Crippen LogP) is 6.22. The summed E-state index contributed by atoms with van der Waals surface area (Å²) >= 11 is 6.31. The first-order valence-electron chi connectivity index (χ1n) is 9.98. The van der Waals surface area contributed by atoms with E-state index in [1.54, 1.807) is 24.3 Å². The monoisotopic (exact) mass is 451 g/mol. The smallest absolute Gasteiger partial charge is 0.199 e. The summed E-state index contributed by atoms with van der Waals surface area (Å²) in [5.74, 6) is 1.24. The summed E-state index contributed by atoms with van der Waals surface area (Å²) in [6, 6.07) is 22.5. The summed E-state index contributed by atoms with van der Waals surface area (Å²) in [6.45, 7) is 2.05. The summed E-state index contributed by atoms with van der Waals surface area (Å²) in [5.41, 5.74) is 4.47. The molecule has 0 amide bonds. The van der Waals surface area contributed by atoms with E-state index in [-0.39, 0.29) is 4.90 Å². The normalized spacial score (nSPS) is 11.6. The molecule has 158 valence electrons. The summed E-state index contributed by atoms with van der Waals surface area (Å²) in [5, 5.41) is 0.717. The molecule has 0 aliphatic rings. The summed E-state index contributed by atoms with van der Waals surface area (Å²) in [6.07, 6.45) is 2.56. The first kappa shape index (κ1) is 21.3. The Balaban J connectivity index is 1.82. The zero-order valence-electron chi connectivity index (χ0n) is 17.3. The maximum absolute atomic E-state index is 11.8. The average Bonchev–Trinajstić information content (AvgIpc) is 3.18. The maximum Gasteiger partial charge on any atom is 0.199 e. The van der Waals surface area contributed by atoms with Gasteiger partial charge in [-0.15, -0.1) is 0 Å². The third kappa shape index (κ3) is 4.73. The summed E-state index contributed by atoms with van der Waals surface area (Å²) < 4.78 is 29.9. The van der Waals surface area contributed by atoms with Crippen molar-refractivity contribution in [1.82, 2.24) is 4.98 Å². The van der Waals surface area contributed by atoms with Crippen molar-refractivity contribution in [2.45, 2.75) is 24.7 Å². The van der Waals surface area contributed by atoms with Crippen molar-refractivity contribution in [3.05, 3.63) is 94.8 Å². The van der Waals surface area contributed by atoms with Crippen LogP contribution in [0.25, 0.3) is 22.6 Å². The Labute approximate surface area is 187 Å². The minimum atomic E-state index is -3.27. The van der Waals surface area contributed by atoms with Crippen LogP contribution in [0.2, 0.25) is 5.02 Å². The molecule has 0 saturated heterocycles. The molecule has 0 bridgehead atoms. The Morgan fingerprint density at radius 3 is 2.26 bits per heavy atom. The van der Waals surface area contributed by atoms with E-state index in [4.69, 9.17) is 21.0 Å². The molecule has 4 rings (SSSR count). The van der Waals surface area contributed by atoms with Gasteiger partial charge < -0.3 is 4.42 Å². The second-order valence-corrected chi connectivity index (χ2v) is 9.83. The van der Waals surface area contributed by atoms with Crippen molar-refractivity contribution in [3.63, 3.8) is 0 Å². The first-order chi connectivity index (χ1) is 14.8. The number of sulfone groups is 1. The van der Waals surface area contributed by atoms with E-state index in [1.165, 1.54) is 6.26 Å². The quantitative estimate of drug-likeness (QED) is 0.349. The Morgan fingerprint density at radius 2 is 1.61 bits per heavy atom. The van der Waals surface area contributed by atoms with E-state index in [1.807, 2.05) is 48.5 Å². The third-order valence-electron chi connectivity index (χ3n) is 5.11. The van der Waals surface area contributed by atoms with Crippen LogP contribution < -0.4 is 0 Å². The Morgan fingerprint density at radius 1 is 0.935 bits per heavy atom. The number of rotatable bonds is 6. The first-order valence-corrected chi connectivity index (χ1v) is 12.2. The highest BCUT2D eigenvalue weighted by atomic mass is 35.5. The van der Waals surface area contributed by atoms with Gasteiger partial charge in [0.15, 0.2) is 21.5 Å². The van der Waals surface area contributed by atoms with E-state index in [9.17, 15) is 8.42 Å². The highest BCUT2D eigenvalue weighted by Crippen LogP contribution is 2.35. The minimum Gasteiger partial charge on any atom is -0.440 e. The molecule has 31 heavy (non-hydrogen) atoms. The lowest BCUT2D eigenvalue weighted by Gasteiger charge is -2.06. The molecule has 0 radical (unpaired) electrons. The maximum atomic E-state index is 11.8. The van der Waals surface area contributed by atoms with Crippen molar-refractivity contribution in [3.8, 4) is 22.6 Å². The number of hydrogen-bond donors (Lipinski definition) is 0. The van der Waals surface area contributed by atoms with Crippen LogP contribution in [-0.2, 0) is 22.7 Å². The third-order valence-corrected chi connectivity index (χ3v) is 6.61. The summed E-state index contributed by atoms with van der Waals surface area (Å²) in [7, 11) is -3.27. The van der Waals surface area contributed by atoms with Crippen LogP contribution in [0.5, 0.6) is 0 Å². The van der Waals surface area contributed by atoms with Crippen molar-refractivity contribution < 1.29 is 12.8 Å². The lowest BCUT2D eigenvalue weighted by molar-refractivity contribution is 0.519. The van der Waals surface area contributed by atoms with Crippen LogP contribution in [0.15, 0.2) is 82.1 Å². The number of halogens is 1. The molecule has 0 unspecified atom stereocenters. The van der Waals surface area contributed by atoms with Gasteiger partial charge in [-0.2, -0.15) is 0 Å². The second-order valence-electron chi connectivity index (χ2n) is 7.40. The highest BCUT2D eigenvalue weighted by molar-refractivity contribution is 7.90. The highest BCUT2D eigenvalue weighted by Gasteiger charge is 2.19. The molecular formula is C25H22ClNO3S. The van der Waals surface area contributed by atoms with E-state index >= 15 is 0 Å². The van der Waals surface area contributed by atoms with Crippen molar-refractivity contribution in [1.29, 1.82) is 0 Å². The summed E-state index contributed by atoms with van der Waals surface area (Å²) in [4.78, 5) is 5.04.